The first-order chi connectivity index (χ1) is 7.61. The summed E-state index contributed by atoms with van der Waals surface area (Å²) in [5.74, 6) is -0.945. The van der Waals surface area contributed by atoms with Gasteiger partial charge < -0.3 is 5.11 Å². The number of aromatic nitrogens is 2. The van der Waals surface area contributed by atoms with Crippen LogP contribution in [0.3, 0.4) is 0 Å². The minimum Gasteiger partial charge on any atom is -0.478 e. The van der Waals surface area contributed by atoms with Crippen LogP contribution >= 0.6 is 27.3 Å². The average molecular weight is 301 g/mol. The third-order valence-electron chi connectivity index (χ3n) is 2.12. The molecule has 2 aromatic heterocycles. The van der Waals surface area contributed by atoms with Crippen molar-refractivity contribution >= 4 is 33.2 Å². The standard InChI is InChI=1S/C10H9BrN2O2S/c1-2-13-4-7(10(14)15)9(12-13)8-3-6(11)5-16-8/h3-5H,2H2,1H3,(H,14,15). The van der Waals surface area contributed by atoms with Gasteiger partial charge >= 0.3 is 5.97 Å². The van der Waals surface area contributed by atoms with Crippen molar-refractivity contribution in [3.8, 4) is 10.6 Å². The van der Waals surface area contributed by atoms with Gasteiger partial charge in [-0.3, -0.25) is 4.68 Å². The smallest absolute Gasteiger partial charge is 0.339 e. The van der Waals surface area contributed by atoms with Crippen molar-refractivity contribution in [2.45, 2.75) is 13.5 Å². The number of hydrogen-bond donors (Lipinski definition) is 1. The second-order valence-electron chi connectivity index (χ2n) is 3.18. The Balaban J connectivity index is 2.54. The molecule has 0 bridgehead atoms. The summed E-state index contributed by atoms with van der Waals surface area (Å²) in [5, 5.41) is 15.2. The third kappa shape index (κ3) is 2.03. The molecule has 0 aliphatic carbocycles. The molecule has 6 heteroatoms. The first kappa shape index (κ1) is 11.3. The summed E-state index contributed by atoms with van der Waals surface area (Å²) < 4.78 is 2.57. The highest BCUT2D eigenvalue weighted by Crippen LogP contribution is 2.31. The van der Waals surface area contributed by atoms with Gasteiger partial charge in [-0.1, -0.05) is 0 Å². The number of rotatable bonds is 3. The van der Waals surface area contributed by atoms with Gasteiger partial charge in [-0.15, -0.1) is 11.3 Å². The van der Waals surface area contributed by atoms with Gasteiger partial charge in [0.1, 0.15) is 11.3 Å². The summed E-state index contributed by atoms with van der Waals surface area (Å²) in [6.45, 7) is 2.58. The number of aromatic carboxylic acids is 1. The number of halogens is 1. The molecule has 0 unspecified atom stereocenters. The quantitative estimate of drug-likeness (QED) is 0.947. The normalized spacial score (nSPS) is 10.6. The van der Waals surface area contributed by atoms with E-state index in [2.05, 4.69) is 21.0 Å². The van der Waals surface area contributed by atoms with E-state index in [0.717, 1.165) is 9.35 Å². The number of carboxylic acids is 1. The number of thiophene rings is 1. The fourth-order valence-corrected chi connectivity index (χ4v) is 2.78. The van der Waals surface area contributed by atoms with Gasteiger partial charge in [0.25, 0.3) is 0 Å². The van der Waals surface area contributed by atoms with Crippen molar-refractivity contribution in [2.24, 2.45) is 0 Å². The van der Waals surface area contributed by atoms with E-state index in [9.17, 15) is 4.79 Å². The van der Waals surface area contributed by atoms with Crippen LogP contribution in [0.1, 0.15) is 17.3 Å². The molecule has 0 aliphatic heterocycles. The van der Waals surface area contributed by atoms with Gasteiger partial charge in [0, 0.05) is 22.6 Å². The van der Waals surface area contributed by atoms with Crippen LogP contribution in [-0.2, 0) is 6.54 Å². The highest BCUT2D eigenvalue weighted by atomic mass is 79.9. The first-order valence-corrected chi connectivity index (χ1v) is 6.34. The summed E-state index contributed by atoms with van der Waals surface area (Å²) in [6, 6.07) is 1.87. The second kappa shape index (κ2) is 4.39. The molecule has 84 valence electrons. The van der Waals surface area contributed by atoms with Gasteiger partial charge in [0.15, 0.2) is 0 Å². The molecule has 0 saturated heterocycles. The highest BCUT2D eigenvalue weighted by Gasteiger charge is 2.17. The Kier molecular flexibility index (Phi) is 3.11. The summed E-state index contributed by atoms with van der Waals surface area (Å²) in [5.41, 5.74) is 0.779. The fourth-order valence-electron chi connectivity index (χ4n) is 1.36. The lowest BCUT2D eigenvalue weighted by Gasteiger charge is -1.93. The molecule has 16 heavy (non-hydrogen) atoms. The van der Waals surface area contributed by atoms with Crippen molar-refractivity contribution in [2.75, 3.05) is 0 Å². The van der Waals surface area contributed by atoms with Gasteiger partial charge in [-0.05, 0) is 28.9 Å². The molecule has 0 atom stereocenters. The topological polar surface area (TPSA) is 55.1 Å². The summed E-state index contributed by atoms with van der Waals surface area (Å²) in [7, 11) is 0. The molecule has 0 aromatic carbocycles. The minimum absolute atomic E-state index is 0.246. The molecule has 2 aromatic rings. The van der Waals surface area contributed by atoms with Crippen LogP contribution in [0.15, 0.2) is 22.1 Å². The molecule has 0 fully saturated rings. The van der Waals surface area contributed by atoms with Crippen LogP contribution in [0, 0.1) is 0 Å². The van der Waals surface area contributed by atoms with Crippen LogP contribution in [0.2, 0.25) is 0 Å². The number of nitrogens with zero attached hydrogens (tertiary/aromatic N) is 2. The van der Waals surface area contributed by atoms with Crippen LogP contribution in [-0.4, -0.2) is 20.9 Å². The molecule has 0 radical (unpaired) electrons. The molecular formula is C10H9BrN2O2S. The van der Waals surface area contributed by atoms with Crippen molar-refractivity contribution in [1.82, 2.24) is 9.78 Å². The SMILES string of the molecule is CCn1cc(C(=O)O)c(-c2cc(Br)cs2)n1. The molecule has 0 amide bonds. The maximum Gasteiger partial charge on any atom is 0.339 e. The predicted octanol–water partition coefficient (Wildman–Crippen LogP) is 3.09. The Morgan fingerprint density at radius 1 is 1.69 bits per heavy atom. The second-order valence-corrected chi connectivity index (χ2v) is 5.01. The van der Waals surface area contributed by atoms with E-state index in [4.69, 9.17) is 5.11 Å². The van der Waals surface area contributed by atoms with Gasteiger partial charge in [0.05, 0.1) is 4.88 Å². The Labute approximate surface area is 105 Å². The average Bonchev–Trinajstić information content (AvgIpc) is 2.82. The fraction of sp³-hybridized carbons (Fsp3) is 0.200. The molecule has 0 aliphatic rings. The van der Waals surface area contributed by atoms with E-state index in [0.29, 0.717) is 12.2 Å². The minimum atomic E-state index is -0.945. The van der Waals surface area contributed by atoms with Crippen molar-refractivity contribution in [1.29, 1.82) is 0 Å². The molecule has 4 nitrogen and oxygen atoms in total. The Morgan fingerprint density at radius 3 is 2.94 bits per heavy atom. The summed E-state index contributed by atoms with van der Waals surface area (Å²) >= 11 is 4.82. The molecular weight excluding hydrogens is 292 g/mol. The van der Waals surface area contributed by atoms with E-state index >= 15 is 0 Å². The Hall–Kier alpha value is -1.14. The third-order valence-corrected chi connectivity index (χ3v) is 3.81. The largest absolute Gasteiger partial charge is 0.478 e. The first-order valence-electron chi connectivity index (χ1n) is 4.67. The number of carboxylic acid groups (broad SMARTS) is 1. The Morgan fingerprint density at radius 2 is 2.44 bits per heavy atom. The highest BCUT2D eigenvalue weighted by molar-refractivity contribution is 9.10. The van der Waals surface area contributed by atoms with Gasteiger partial charge in [0.2, 0.25) is 0 Å². The van der Waals surface area contributed by atoms with E-state index < -0.39 is 5.97 Å². The maximum absolute atomic E-state index is 11.1. The monoisotopic (exact) mass is 300 g/mol. The maximum atomic E-state index is 11.1. The van der Waals surface area contributed by atoms with Gasteiger partial charge in [-0.2, -0.15) is 5.10 Å². The lowest BCUT2D eigenvalue weighted by atomic mass is 10.2. The lowest BCUT2D eigenvalue weighted by Crippen LogP contribution is -1.95. The lowest BCUT2D eigenvalue weighted by molar-refractivity contribution is 0.0697. The Bertz CT molecular complexity index is 533. The van der Waals surface area contributed by atoms with Gasteiger partial charge in [-0.25, -0.2) is 4.79 Å². The van der Waals surface area contributed by atoms with Crippen LogP contribution in [0.5, 0.6) is 0 Å². The predicted molar refractivity (Wildman–Crippen MR) is 65.9 cm³/mol. The van der Waals surface area contributed by atoms with Crippen molar-refractivity contribution in [3.05, 3.63) is 27.7 Å². The summed E-state index contributed by atoms with van der Waals surface area (Å²) in [6.07, 6.45) is 1.56. The van der Waals surface area contributed by atoms with E-state index in [1.807, 2.05) is 18.4 Å². The van der Waals surface area contributed by atoms with Crippen molar-refractivity contribution < 1.29 is 9.90 Å². The summed E-state index contributed by atoms with van der Waals surface area (Å²) in [4.78, 5) is 11.9. The number of aryl methyl sites for hydroxylation is 1. The molecule has 2 heterocycles. The number of hydrogen-bond acceptors (Lipinski definition) is 3. The van der Waals surface area contributed by atoms with E-state index in [1.54, 1.807) is 10.9 Å². The number of carbonyl (C=O) groups is 1. The zero-order valence-corrected chi connectivity index (χ0v) is 10.9. The van der Waals surface area contributed by atoms with Crippen LogP contribution < -0.4 is 0 Å². The molecule has 0 saturated carbocycles. The molecule has 1 N–H and O–H groups in total. The zero-order chi connectivity index (χ0) is 11.7. The van der Waals surface area contributed by atoms with Crippen LogP contribution in [0.4, 0.5) is 0 Å². The van der Waals surface area contributed by atoms with Crippen LogP contribution in [0.25, 0.3) is 10.6 Å². The van der Waals surface area contributed by atoms with E-state index in [1.165, 1.54) is 11.3 Å². The van der Waals surface area contributed by atoms with Crippen molar-refractivity contribution in [3.63, 3.8) is 0 Å². The molecule has 0 spiro atoms. The van der Waals surface area contributed by atoms with E-state index in [-0.39, 0.29) is 5.56 Å². The molecule has 2 rings (SSSR count). The zero-order valence-electron chi connectivity index (χ0n) is 8.48.